The molecule has 0 spiro atoms. The third-order valence-electron chi connectivity index (χ3n) is 8.17. The van der Waals surface area contributed by atoms with Gasteiger partial charge in [-0.05, 0) is 75.6 Å². The van der Waals surface area contributed by atoms with E-state index in [4.69, 9.17) is 0 Å². The monoisotopic (exact) mass is 423 g/mol. The minimum atomic E-state index is -0.194. The SMILES string of the molecule is CCN1C[C@H](C(=O)NC2CCCC(O)CC2)C[C@@H]2c3cccc4c3c(cn4CC)C[C@H]21. The van der Waals surface area contributed by atoms with Gasteiger partial charge in [-0.1, -0.05) is 19.1 Å². The fourth-order valence-corrected chi connectivity index (χ4v) is 6.54. The predicted octanol–water partition coefficient (Wildman–Crippen LogP) is 3.82. The highest BCUT2D eigenvalue weighted by Crippen LogP contribution is 2.45. The Balaban J connectivity index is 1.39. The van der Waals surface area contributed by atoms with Crippen molar-refractivity contribution in [1.29, 1.82) is 0 Å². The lowest BCUT2D eigenvalue weighted by Gasteiger charge is -2.46. The number of aromatic nitrogens is 1. The molecule has 1 amide bonds. The van der Waals surface area contributed by atoms with Crippen molar-refractivity contribution < 1.29 is 9.90 Å². The molecule has 2 N–H and O–H groups in total. The fraction of sp³-hybridized carbons (Fsp3) is 0.654. The van der Waals surface area contributed by atoms with Crippen LogP contribution in [0.15, 0.2) is 24.4 Å². The number of amides is 1. The zero-order valence-corrected chi connectivity index (χ0v) is 19.0. The first-order chi connectivity index (χ1) is 15.1. The number of carbonyl (C=O) groups excluding carboxylic acids is 1. The molecule has 5 heteroatoms. The van der Waals surface area contributed by atoms with Gasteiger partial charge in [0.15, 0.2) is 0 Å². The van der Waals surface area contributed by atoms with Crippen LogP contribution in [0.3, 0.4) is 0 Å². The molecule has 2 unspecified atom stereocenters. The average molecular weight is 424 g/mol. The Morgan fingerprint density at radius 1 is 1.16 bits per heavy atom. The van der Waals surface area contributed by atoms with Gasteiger partial charge in [0.1, 0.15) is 0 Å². The number of piperidine rings is 1. The molecule has 1 aromatic heterocycles. The molecular formula is C26H37N3O2. The van der Waals surface area contributed by atoms with E-state index in [9.17, 15) is 9.90 Å². The highest BCUT2D eigenvalue weighted by molar-refractivity contribution is 5.89. The lowest BCUT2D eigenvalue weighted by molar-refractivity contribution is -0.128. The number of hydrogen-bond acceptors (Lipinski definition) is 3. The highest BCUT2D eigenvalue weighted by atomic mass is 16.3. The fourth-order valence-electron chi connectivity index (χ4n) is 6.54. The first-order valence-corrected chi connectivity index (χ1v) is 12.4. The van der Waals surface area contributed by atoms with Crippen molar-refractivity contribution in [2.75, 3.05) is 13.1 Å². The largest absolute Gasteiger partial charge is 0.393 e. The number of nitrogens with one attached hydrogen (secondary N) is 1. The van der Waals surface area contributed by atoms with Crippen LogP contribution in [0.25, 0.3) is 10.9 Å². The van der Waals surface area contributed by atoms with E-state index in [0.29, 0.717) is 12.0 Å². The van der Waals surface area contributed by atoms with Crippen LogP contribution in [0.1, 0.15) is 69.4 Å². The maximum absolute atomic E-state index is 13.3. The number of benzene rings is 1. The van der Waals surface area contributed by atoms with Gasteiger partial charge in [0, 0.05) is 48.2 Å². The molecule has 1 aromatic carbocycles. The molecule has 2 fully saturated rings. The smallest absolute Gasteiger partial charge is 0.224 e. The van der Waals surface area contributed by atoms with Gasteiger partial charge < -0.3 is 15.0 Å². The molecule has 168 valence electrons. The minimum absolute atomic E-state index is 0.0412. The van der Waals surface area contributed by atoms with Gasteiger partial charge in [-0.25, -0.2) is 0 Å². The summed E-state index contributed by atoms with van der Waals surface area (Å²) in [6, 6.07) is 7.47. The lowest BCUT2D eigenvalue weighted by atomic mass is 9.72. The Morgan fingerprint density at radius 2 is 2.03 bits per heavy atom. The van der Waals surface area contributed by atoms with Crippen molar-refractivity contribution in [2.24, 2.45) is 5.92 Å². The van der Waals surface area contributed by atoms with Gasteiger partial charge in [0.05, 0.1) is 12.0 Å². The standard InChI is InChI=1S/C26H37N3O2/c1-3-28-15-17-14-24-22(21-9-6-10-23(28)25(17)21)13-18(16-29(24)4-2)26(31)27-19-7-5-8-20(30)12-11-19/h6,9-10,15,18-20,22,24,30H,3-5,7-8,11-14,16H2,1-2H3,(H,27,31)/t18-,19?,20?,22-,24-/m1/s1. The highest BCUT2D eigenvalue weighted by Gasteiger charge is 2.42. The van der Waals surface area contributed by atoms with E-state index >= 15 is 0 Å². The van der Waals surface area contributed by atoms with Crippen LogP contribution in [-0.2, 0) is 17.8 Å². The first kappa shape index (κ1) is 21.0. The molecule has 5 atom stereocenters. The van der Waals surface area contributed by atoms with E-state index < -0.39 is 0 Å². The number of aliphatic hydroxyl groups is 1. The van der Waals surface area contributed by atoms with Crippen molar-refractivity contribution in [3.63, 3.8) is 0 Å². The summed E-state index contributed by atoms with van der Waals surface area (Å²) in [6.07, 6.45) is 8.77. The van der Waals surface area contributed by atoms with Gasteiger partial charge in [0.2, 0.25) is 5.91 Å². The number of carbonyl (C=O) groups is 1. The van der Waals surface area contributed by atoms with Crippen LogP contribution in [-0.4, -0.2) is 51.8 Å². The molecule has 1 aliphatic heterocycles. The molecule has 31 heavy (non-hydrogen) atoms. The number of aliphatic hydroxyl groups excluding tert-OH is 1. The molecule has 1 saturated heterocycles. The Labute approximate surface area is 185 Å². The van der Waals surface area contributed by atoms with Crippen LogP contribution in [0.4, 0.5) is 0 Å². The number of rotatable bonds is 4. The maximum atomic E-state index is 13.3. The molecule has 0 radical (unpaired) electrons. The third-order valence-corrected chi connectivity index (χ3v) is 8.17. The summed E-state index contributed by atoms with van der Waals surface area (Å²) in [4.78, 5) is 15.9. The third kappa shape index (κ3) is 3.80. The minimum Gasteiger partial charge on any atom is -0.393 e. The summed E-state index contributed by atoms with van der Waals surface area (Å²) in [5.74, 6) is 0.686. The molecule has 3 aliphatic rings. The second-order valence-electron chi connectivity index (χ2n) is 9.95. The van der Waals surface area contributed by atoms with Gasteiger partial charge in [-0.3, -0.25) is 9.69 Å². The van der Waals surface area contributed by atoms with Crippen LogP contribution in [0.2, 0.25) is 0 Å². The Bertz CT molecular complexity index is 952. The molecule has 0 bridgehead atoms. The average Bonchev–Trinajstić information content (AvgIpc) is 3.02. The first-order valence-electron chi connectivity index (χ1n) is 12.4. The second-order valence-corrected chi connectivity index (χ2v) is 9.95. The second kappa shape index (κ2) is 8.59. The molecule has 5 nitrogen and oxygen atoms in total. The molecular weight excluding hydrogens is 386 g/mol. The van der Waals surface area contributed by atoms with Gasteiger partial charge >= 0.3 is 0 Å². The van der Waals surface area contributed by atoms with E-state index in [1.807, 2.05) is 0 Å². The molecule has 1 saturated carbocycles. The normalized spacial score (nSPS) is 31.3. The summed E-state index contributed by atoms with van der Waals surface area (Å²) < 4.78 is 2.38. The van der Waals surface area contributed by atoms with E-state index in [1.165, 1.54) is 22.0 Å². The van der Waals surface area contributed by atoms with Gasteiger partial charge in [-0.2, -0.15) is 0 Å². The number of likely N-dealkylation sites (tertiary alicyclic amines) is 1. The summed E-state index contributed by atoms with van der Waals surface area (Å²) in [6.45, 7) is 7.29. The van der Waals surface area contributed by atoms with E-state index in [0.717, 1.165) is 64.6 Å². The predicted molar refractivity (Wildman–Crippen MR) is 124 cm³/mol. The van der Waals surface area contributed by atoms with Crippen molar-refractivity contribution in [3.05, 3.63) is 35.5 Å². The van der Waals surface area contributed by atoms with Crippen molar-refractivity contribution >= 4 is 16.8 Å². The maximum Gasteiger partial charge on any atom is 0.224 e. The Hall–Kier alpha value is -1.85. The van der Waals surface area contributed by atoms with E-state index in [-0.39, 0.29) is 24.0 Å². The molecule has 2 heterocycles. The summed E-state index contributed by atoms with van der Waals surface area (Å²) in [5.41, 5.74) is 4.27. The number of fused-ring (bicyclic) bond motifs is 2. The number of hydrogen-bond donors (Lipinski definition) is 2. The van der Waals surface area contributed by atoms with Crippen molar-refractivity contribution in [3.8, 4) is 0 Å². The molecule has 2 aromatic rings. The Morgan fingerprint density at radius 3 is 2.84 bits per heavy atom. The molecule has 2 aliphatic carbocycles. The number of likely N-dealkylation sites (N-methyl/N-ethyl adjacent to an activating group) is 1. The van der Waals surface area contributed by atoms with Gasteiger partial charge in [-0.15, -0.1) is 0 Å². The quantitative estimate of drug-likeness (QED) is 0.735. The number of aryl methyl sites for hydroxylation is 1. The van der Waals surface area contributed by atoms with E-state index in [1.54, 1.807) is 0 Å². The molecule has 5 rings (SSSR count). The summed E-state index contributed by atoms with van der Waals surface area (Å²) in [5, 5.41) is 14.7. The van der Waals surface area contributed by atoms with Crippen molar-refractivity contribution in [2.45, 2.75) is 89.4 Å². The van der Waals surface area contributed by atoms with Crippen LogP contribution >= 0.6 is 0 Å². The van der Waals surface area contributed by atoms with Crippen LogP contribution in [0, 0.1) is 5.92 Å². The summed E-state index contributed by atoms with van der Waals surface area (Å²) in [7, 11) is 0. The van der Waals surface area contributed by atoms with Gasteiger partial charge in [0.25, 0.3) is 0 Å². The van der Waals surface area contributed by atoms with Crippen LogP contribution in [0.5, 0.6) is 0 Å². The van der Waals surface area contributed by atoms with E-state index in [2.05, 4.69) is 53.0 Å². The topological polar surface area (TPSA) is 57.5 Å². The number of nitrogens with zero attached hydrogens (tertiary/aromatic N) is 2. The summed E-state index contributed by atoms with van der Waals surface area (Å²) >= 11 is 0. The zero-order valence-electron chi connectivity index (χ0n) is 19.0. The Kier molecular flexibility index (Phi) is 5.82. The van der Waals surface area contributed by atoms with Crippen LogP contribution < -0.4 is 5.32 Å². The lowest BCUT2D eigenvalue weighted by Crippen LogP contribution is -2.53. The zero-order chi connectivity index (χ0) is 21.5. The van der Waals surface area contributed by atoms with Crippen molar-refractivity contribution in [1.82, 2.24) is 14.8 Å².